The van der Waals surface area contributed by atoms with E-state index in [2.05, 4.69) is 4.98 Å². The van der Waals surface area contributed by atoms with Crippen LogP contribution in [-0.2, 0) is 21.4 Å². The van der Waals surface area contributed by atoms with Gasteiger partial charge < -0.3 is 9.64 Å². The van der Waals surface area contributed by atoms with E-state index in [0.717, 1.165) is 15.2 Å². The zero-order chi connectivity index (χ0) is 24.1. The molecule has 0 spiro atoms. The fraction of sp³-hybridized carbons (Fsp3) is 0.200. The van der Waals surface area contributed by atoms with Crippen LogP contribution in [0.25, 0.3) is 10.2 Å². The van der Waals surface area contributed by atoms with E-state index in [1.165, 1.54) is 16.4 Å². The summed E-state index contributed by atoms with van der Waals surface area (Å²) >= 11 is 1.56. The number of aromatic nitrogens is 1. The standard InChI is InChI=1S/C25H25N3O4S2/c1-3-28(19-9-5-4-6-10-19)34(30,31)21-15-13-20(14-16-21)32-18-25(29)27(2)17-24-26-22-11-7-8-12-23(22)33-24/h4-16H,3,17-18H2,1-2H3. The number of sulfonamides is 1. The van der Waals surface area contributed by atoms with Crippen molar-refractivity contribution in [3.8, 4) is 5.75 Å². The number of nitrogens with zero attached hydrogens (tertiary/aromatic N) is 3. The zero-order valence-corrected chi connectivity index (χ0v) is 20.6. The molecule has 0 N–H and O–H groups in total. The Morgan fingerprint density at radius 3 is 2.32 bits per heavy atom. The van der Waals surface area contributed by atoms with Crippen molar-refractivity contribution in [1.82, 2.24) is 9.88 Å². The first-order chi connectivity index (χ1) is 16.4. The summed E-state index contributed by atoms with van der Waals surface area (Å²) in [5.74, 6) is 0.223. The van der Waals surface area contributed by atoms with Crippen LogP contribution in [0.2, 0.25) is 0 Å². The number of hydrogen-bond donors (Lipinski definition) is 0. The van der Waals surface area contributed by atoms with E-state index < -0.39 is 10.0 Å². The van der Waals surface area contributed by atoms with Crippen molar-refractivity contribution in [1.29, 1.82) is 0 Å². The summed E-state index contributed by atoms with van der Waals surface area (Å²) in [5.41, 5.74) is 1.52. The highest BCUT2D eigenvalue weighted by atomic mass is 32.2. The van der Waals surface area contributed by atoms with Crippen LogP contribution in [0.3, 0.4) is 0 Å². The largest absolute Gasteiger partial charge is 0.484 e. The molecule has 0 unspecified atom stereocenters. The third-order valence-electron chi connectivity index (χ3n) is 5.24. The molecule has 0 fully saturated rings. The monoisotopic (exact) mass is 495 g/mol. The Morgan fingerprint density at radius 2 is 1.65 bits per heavy atom. The minimum Gasteiger partial charge on any atom is -0.484 e. The highest BCUT2D eigenvalue weighted by Gasteiger charge is 2.23. The summed E-state index contributed by atoms with van der Waals surface area (Å²) in [7, 11) is -2.01. The lowest BCUT2D eigenvalue weighted by Gasteiger charge is -2.23. The summed E-state index contributed by atoms with van der Waals surface area (Å²) in [6, 6.07) is 22.9. The van der Waals surface area contributed by atoms with Gasteiger partial charge in [-0.3, -0.25) is 9.10 Å². The quantitative estimate of drug-likeness (QED) is 0.340. The molecule has 0 aliphatic carbocycles. The number of ether oxygens (including phenoxy) is 1. The molecule has 0 aliphatic heterocycles. The molecule has 34 heavy (non-hydrogen) atoms. The maximum Gasteiger partial charge on any atom is 0.264 e. The molecule has 1 heterocycles. The normalized spacial score (nSPS) is 11.4. The topological polar surface area (TPSA) is 79.8 Å². The van der Waals surface area contributed by atoms with Crippen LogP contribution in [0, 0.1) is 0 Å². The van der Waals surface area contributed by atoms with Crippen molar-refractivity contribution in [3.63, 3.8) is 0 Å². The van der Waals surface area contributed by atoms with Crippen molar-refractivity contribution in [2.45, 2.75) is 18.4 Å². The molecular formula is C25H25N3O4S2. The number of carbonyl (C=O) groups is 1. The minimum absolute atomic E-state index is 0.154. The predicted octanol–water partition coefficient (Wildman–Crippen LogP) is 4.55. The number of carbonyl (C=O) groups excluding carboxylic acids is 1. The highest BCUT2D eigenvalue weighted by Crippen LogP contribution is 2.25. The van der Waals surface area contributed by atoms with Crippen molar-refractivity contribution < 1.29 is 17.9 Å². The second-order valence-corrected chi connectivity index (χ2v) is 10.6. The number of thiazole rings is 1. The molecule has 0 bridgehead atoms. The van der Waals surface area contributed by atoms with Gasteiger partial charge in [0.1, 0.15) is 10.8 Å². The van der Waals surface area contributed by atoms with Gasteiger partial charge in [-0.15, -0.1) is 11.3 Å². The molecule has 176 valence electrons. The lowest BCUT2D eigenvalue weighted by Crippen LogP contribution is -2.31. The lowest BCUT2D eigenvalue weighted by atomic mass is 10.3. The molecule has 4 rings (SSSR count). The van der Waals surface area contributed by atoms with Gasteiger partial charge in [0, 0.05) is 13.6 Å². The predicted molar refractivity (Wildman–Crippen MR) is 135 cm³/mol. The van der Waals surface area contributed by atoms with Crippen LogP contribution in [0.4, 0.5) is 5.69 Å². The van der Waals surface area contributed by atoms with Gasteiger partial charge in [-0.25, -0.2) is 13.4 Å². The second-order valence-electron chi connectivity index (χ2n) is 7.59. The molecule has 0 saturated heterocycles. The molecule has 1 aromatic heterocycles. The van der Waals surface area contributed by atoms with Crippen LogP contribution in [0.1, 0.15) is 11.9 Å². The van der Waals surface area contributed by atoms with E-state index >= 15 is 0 Å². The Morgan fingerprint density at radius 1 is 0.971 bits per heavy atom. The molecule has 4 aromatic rings. The van der Waals surface area contributed by atoms with Gasteiger partial charge in [0.05, 0.1) is 27.3 Å². The van der Waals surface area contributed by atoms with Gasteiger partial charge in [-0.05, 0) is 55.5 Å². The second kappa shape index (κ2) is 10.2. The van der Waals surface area contributed by atoms with Gasteiger partial charge in [-0.1, -0.05) is 30.3 Å². The molecule has 0 atom stereocenters. The van der Waals surface area contributed by atoms with Gasteiger partial charge in [0.2, 0.25) is 0 Å². The van der Waals surface area contributed by atoms with Crippen molar-refractivity contribution in [2.24, 2.45) is 0 Å². The average molecular weight is 496 g/mol. The Bertz CT molecular complexity index is 1340. The van der Waals surface area contributed by atoms with E-state index in [4.69, 9.17) is 4.74 Å². The van der Waals surface area contributed by atoms with Crippen LogP contribution in [0.15, 0.2) is 83.8 Å². The summed E-state index contributed by atoms with van der Waals surface area (Å²) in [6.07, 6.45) is 0. The van der Waals surface area contributed by atoms with E-state index in [1.807, 2.05) is 30.3 Å². The molecule has 3 aromatic carbocycles. The fourth-order valence-electron chi connectivity index (χ4n) is 3.45. The fourth-order valence-corrected chi connectivity index (χ4v) is 5.95. The van der Waals surface area contributed by atoms with Gasteiger partial charge >= 0.3 is 0 Å². The van der Waals surface area contributed by atoms with Gasteiger partial charge in [-0.2, -0.15) is 0 Å². The smallest absolute Gasteiger partial charge is 0.264 e. The average Bonchev–Trinajstić information content (AvgIpc) is 3.26. The molecular weight excluding hydrogens is 470 g/mol. The first-order valence-corrected chi connectivity index (χ1v) is 13.0. The van der Waals surface area contributed by atoms with Crippen LogP contribution in [0.5, 0.6) is 5.75 Å². The number of amides is 1. The molecule has 0 saturated carbocycles. The molecule has 9 heteroatoms. The number of benzene rings is 3. The zero-order valence-electron chi connectivity index (χ0n) is 18.9. The molecule has 0 radical (unpaired) electrons. The first-order valence-electron chi connectivity index (χ1n) is 10.8. The Kier molecular flexibility index (Phi) is 7.14. The molecule has 7 nitrogen and oxygen atoms in total. The van der Waals surface area contributed by atoms with Gasteiger partial charge in [0.15, 0.2) is 6.61 Å². The van der Waals surface area contributed by atoms with Crippen molar-refractivity contribution >= 4 is 43.2 Å². The van der Waals surface area contributed by atoms with Crippen LogP contribution < -0.4 is 9.04 Å². The van der Waals surface area contributed by atoms with Crippen molar-refractivity contribution in [2.75, 3.05) is 24.5 Å². The van der Waals surface area contributed by atoms with Gasteiger partial charge in [0.25, 0.3) is 15.9 Å². The third-order valence-corrected chi connectivity index (χ3v) is 8.18. The Balaban J connectivity index is 1.37. The van der Waals surface area contributed by atoms with E-state index in [0.29, 0.717) is 24.5 Å². The Hall–Kier alpha value is -3.43. The third kappa shape index (κ3) is 5.21. The van der Waals surface area contributed by atoms with E-state index in [-0.39, 0.29) is 17.4 Å². The van der Waals surface area contributed by atoms with Crippen molar-refractivity contribution in [3.05, 3.63) is 83.9 Å². The van der Waals surface area contributed by atoms with Crippen LogP contribution >= 0.6 is 11.3 Å². The maximum atomic E-state index is 13.1. The number of likely N-dealkylation sites (N-methyl/N-ethyl adjacent to an activating group) is 1. The van der Waals surface area contributed by atoms with Crippen LogP contribution in [-0.4, -0.2) is 44.4 Å². The molecule has 0 aliphatic rings. The van der Waals surface area contributed by atoms with E-state index in [9.17, 15) is 13.2 Å². The molecule has 1 amide bonds. The maximum absolute atomic E-state index is 13.1. The number of para-hydroxylation sites is 2. The minimum atomic E-state index is -3.71. The SMILES string of the molecule is CCN(c1ccccc1)S(=O)(=O)c1ccc(OCC(=O)N(C)Cc2nc3ccccc3s2)cc1. The highest BCUT2D eigenvalue weighted by molar-refractivity contribution is 7.92. The lowest BCUT2D eigenvalue weighted by molar-refractivity contribution is -0.132. The first kappa shape index (κ1) is 23.7. The number of hydrogen-bond acceptors (Lipinski definition) is 6. The Labute approximate surface area is 203 Å². The number of anilines is 1. The summed E-state index contributed by atoms with van der Waals surface area (Å²) in [6.45, 7) is 2.34. The summed E-state index contributed by atoms with van der Waals surface area (Å²) in [4.78, 5) is 18.8. The summed E-state index contributed by atoms with van der Waals surface area (Å²) < 4.78 is 34.2. The number of rotatable bonds is 9. The number of fused-ring (bicyclic) bond motifs is 1. The van der Waals surface area contributed by atoms with E-state index in [1.54, 1.807) is 66.6 Å². The summed E-state index contributed by atoms with van der Waals surface area (Å²) in [5, 5.41) is 0.852.